The third-order valence-electron chi connectivity index (χ3n) is 3.98. The van der Waals surface area contributed by atoms with Crippen LogP contribution in [-0.4, -0.2) is 20.4 Å². The molecule has 1 amide bonds. The second-order valence-corrected chi connectivity index (χ2v) is 8.19. The molecule has 130 valence electrons. The van der Waals surface area contributed by atoms with Crippen molar-refractivity contribution in [1.29, 1.82) is 0 Å². The Bertz CT molecular complexity index is 667. The van der Waals surface area contributed by atoms with Gasteiger partial charge in [-0.05, 0) is 56.4 Å². The van der Waals surface area contributed by atoms with E-state index in [4.69, 9.17) is 5.14 Å². The second kappa shape index (κ2) is 7.93. The van der Waals surface area contributed by atoms with Gasteiger partial charge in [0.2, 0.25) is 10.0 Å². The molecule has 0 bridgehead atoms. The minimum absolute atomic E-state index is 0.00936. The first-order chi connectivity index (χ1) is 10.5. The van der Waals surface area contributed by atoms with Crippen molar-refractivity contribution in [2.45, 2.75) is 64.8 Å². The summed E-state index contributed by atoms with van der Waals surface area (Å²) in [6, 6.07) is 3.09. The van der Waals surface area contributed by atoms with Crippen molar-refractivity contribution in [2.24, 2.45) is 11.1 Å². The Kier molecular flexibility index (Phi) is 6.77. The quantitative estimate of drug-likeness (QED) is 0.800. The van der Waals surface area contributed by atoms with Gasteiger partial charge < -0.3 is 5.32 Å². The molecule has 0 saturated carbocycles. The maximum atomic E-state index is 12.3. The zero-order valence-corrected chi connectivity index (χ0v) is 15.5. The summed E-state index contributed by atoms with van der Waals surface area (Å²) >= 11 is 0. The van der Waals surface area contributed by atoms with E-state index >= 15 is 0 Å². The summed E-state index contributed by atoms with van der Waals surface area (Å²) in [6.07, 6.45) is 3.07. The number of carbonyl (C=O) groups excluding carboxylic acids is 1. The number of hydrogen-bond acceptors (Lipinski definition) is 3. The molecular formula is C17H28N2O3S. The number of primary sulfonamides is 1. The number of amides is 1. The van der Waals surface area contributed by atoms with E-state index in [1.165, 1.54) is 6.07 Å². The van der Waals surface area contributed by atoms with Crippen molar-refractivity contribution in [3.05, 3.63) is 28.8 Å². The molecule has 1 aromatic carbocycles. The maximum absolute atomic E-state index is 12.3. The molecule has 3 N–H and O–H groups in total. The molecule has 1 atom stereocenters. The second-order valence-electron chi connectivity index (χ2n) is 6.66. The lowest BCUT2D eigenvalue weighted by atomic mass is 10.0. The summed E-state index contributed by atoms with van der Waals surface area (Å²) in [6.45, 7) is 9.76. The van der Waals surface area contributed by atoms with Crippen molar-refractivity contribution in [3.63, 3.8) is 0 Å². The lowest BCUT2D eigenvalue weighted by molar-refractivity contribution is 0.0937. The minimum atomic E-state index is -3.84. The van der Waals surface area contributed by atoms with E-state index in [1.807, 2.05) is 6.92 Å². The van der Waals surface area contributed by atoms with Crippen molar-refractivity contribution in [3.8, 4) is 0 Å². The van der Waals surface area contributed by atoms with Crippen molar-refractivity contribution in [1.82, 2.24) is 5.32 Å². The average Bonchev–Trinajstić information content (AvgIpc) is 2.39. The number of aryl methyl sites for hydroxylation is 1. The smallest absolute Gasteiger partial charge is 0.251 e. The maximum Gasteiger partial charge on any atom is 0.251 e. The molecule has 0 heterocycles. The molecular weight excluding hydrogens is 312 g/mol. The zero-order chi connectivity index (χ0) is 17.8. The largest absolute Gasteiger partial charge is 0.350 e. The zero-order valence-electron chi connectivity index (χ0n) is 14.6. The van der Waals surface area contributed by atoms with Gasteiger partial charge in [-0.2, -0.15) is 0 Å². The van der Waals surface area contributed by atoms with Crippen LogP contribution in [0.3, 0.4) is 0 Å². The minimum Gasteiger partial charge on any atom is -0.350 e. The number of nitrogens with two attached hydrogens (primary N) is 1. The third kappa shape index (κ3) is 5.95. The Morgan fingerprint density at radius 3 is 2.30 bits per heavy atom. The molecule has 0 fully saturated rings. The lowest BCUT2D eigenvalue weighted by Gasteiger charge is -2.16. The van der Waals surface area contributed by atoms with Gasteiger partial charge in [0.25, 0.3) is 5.91 Å². The topological polar surface area (TPSA) is 89.3 Å². The van der Waals surface area contributed by atoms with Gasteiger partial charge in [0.05, 0.1) is 4.90 Å². The Morgan fingerprint density at radius 1 is 1.17 bits per heavy atom. The van der Waals surface area contributed by atoms with E-state index in [2.05, 4.69) is 19.2 Å². The summed E-state index contributed by atoms with van der Waals surface area (Å²) in [5.74, 6) is 0.380. The normalized spacial score (nSPS) is 13.2. The Labute approximate surface area is 139 Å². The van der Waals surface area contributed by atoms with Crippen LogP contribution in [0.25, 0.3) is 0 Å². The van der Waals surface area contributed by atoms with E-state index in [0.717, 1.165) is 24.8 Å². The van der Waals surface area contributed by atoms with Crippen molar-refractivity contribution >= 4 is 15.9 Å². The van der Waals surface area contributed by atoms with Gasteiger partial charge in [-0.25, -0.2) is 13.6 Å². The first-order valence-electron chi connectivity index (χ1n) is 7.97. The fraction of sp³-hybridized carbons (Fsp3) is 0.588. The molecule has 0 spiro atoms. The fourth-order valence-corrected chi connectivity index (χ4v) is 3.34. The van der Waals surface area contributed by atoms with E-state index in [1.54, 1.807) is 19.9 Å². The first-order valence-corrected chi connectivity index (χ1v) is 9.52. The summed E-state index contributed by atoms with van der Waals surface area (Å²) in [4.78, 5) is 12.4. The van der Waals surface area contributed by atoms with Gasteiger partial charge in [-0.1, -0.05) is 26.7 Å². The monoisotopic (exact) mass is 340 g/mol. The molecule has 0 aliphatic carbocycles. The number of carbonyl (C=O) groups is 1. The van der Waals surface area contributed by atoms with Crippen LogP contribution in [0.1, 0.15) is 61.5 Å². The van der Waals surface area contributed by atoms with Crippen LogP contribution in [-0.2, 0) is 10.0 Å². The molecule has 0 aromatic heterocycles. The third-order valence-corrected chi connectivity index (χ3v) is 5.02. The molecule has 0 aliphatic heterocycles. The van der Waals surface area contributed by atoms with Crippen molar-refractivity contribution < 1.29 is 13.2 Å². The predicted molar refractivity (Wildman–Crippen MR) is 92.9 cm³/mol. The van der Waals surface area contributed by atoms with Gasteiger partial charge in [0.1, 0.15) is 0 Å². The molecule has 0 aliphatic rings. The summed E-state index contributed by atoms with van der Waals surface area (Å²) in [5.41, 5.74) is 1.64. The predicted octanol–water partition coefficient (Wildman–Crippen LogP) is 2.90. The number of nitrogens with one attached hydrogen (secondary N) is 1. The van der Waals surface area contributed by atoms with Crippen LogP contribution >= 0.6 is 0 Å². The lowest BCUT2D eigenvalue weighted by Crippen LogP contribution is -2.32. The number of rotatable bonds is 7. The number of sulfonamides is 1. The standard InChI is InChI=1S/C17H28N2O3S/c1-11(2)7-6-8-13(4)19-17(20)15-9-12(3)14(5)16(10-15)23(18,21)22/h9-11,13H,6-8H2,1-5H3,(H,19,20)(H2,18,21,22). The van der Waals surface area contributed by atoms with Gasteiger partial charge in [0.15, 0.2) is 0 Å². The molecule has 1 rings (SSSR count). The highest BCUT2D eigenvalue weighted by atomic mass is 32.2. The van der Waals surface area contributed by atoms with E-state index in [9.17, 15) is 13.2 Å². The Balaban J connectivity index is 2.87. The van der Waals surface area contributed by atoms with Gasteiger partial charge >= 0.3 is 0 Å². The molecule has 1 aromatic rings. The van der Waals surface area contributed by atoms with Crippen LogP contribution in [0.15, 0.2) is 17.0 Å². The van der Waals surface area contributed by atoms with Crippen molar-refractivity contribution in [2.75, 3.05) is 0 Å². The highest BCUT2D eigenvalue weighted by Crippen LogP contribution is 2.20. The Morgan fingerprint density at radius 2 is 1.78 bits per heavy atom. The number of benzene rings is 1. The highest BCUT2D eigenvalue weighted by Gasteiger charge is 2.18. The van der Waals surface area contributed by atoms with Crippen LogP contribution in [0.5, 0.6) is 0 Å². The first kappa shape index (κ1) is 19.6. The van der Waals surface area contributed by atoms with Gasteiger partial charge in [0, 0.05) is 11.6 Å². The summed E-state index contributed by atoms with van der Waals surface area (Å²) < 4.78 is 23.3. The molecule has 6 heteroatoms. The van der Waals surface area contributed by atoms with Crippen LogP contribution < -0.4 is 10.5 Å². The number of hydrogen-bond donors (Lipinski definition) is 2. The average molecular weight is 340 g/mol. The highest BCUT2D eigenvalue weighted by molar-refractivity contribution is 7.89. The van der Waals surface area contributed by atoms with Crippen LogP contribution in [0.4, 0.5) is 0 Å². The van der Waals surface area contributed by atoms with Crippen LogP contribution in [0, 0.1) is 19.8 Å². The van der Waals surface area contributed by atoms with E-state index in [-0.39, 0.29) is 16.8 Å². The summed E-state index contributed by atoms with van der Waals surface area (Å²) in [7, 11) is -3.84. The van der Waals surface area contributed by atoms with Gasteiger partial charge in [-0.15, -0.1) is 0 Å². The molecule has 0 saturated heterocycles. The van der Waals surface area contributed by atoms with Crippen LogP contribution in [0.2, 0.25) is 0 Å². The molecule has 5 nitrogen and oxygen atoms in total. The fourth-order valence-electron chi connectivity index (χ4n) is 2.47. The SMILES string of the molecule is Cc1cc(C(=O)NC(C)CCCC(C)C)cc(S(N)(=O)=O)c1C. The van der Waals surface area contributed by atoms with E-state index in [0.29, 0.717) is 17.0 Å². The Hall–Kier alpha value is -1.40. The molecule has 0 radical (unpaired) electrons. The molecule has 1 unspecified atom stereocenters. The molecule has 23 heavy (non-hydrogen) atoms. The van der Waals surface area contributed by atoms with Gasteiger partial charge in [-0.3, -0.25) is 4.79 Å². The summed E-state index contributed by atoms with van der Waals surface area (Å²) in [5, 5.41) is 8.15. The van der Waals surface area contributed by atoms with E-state index < -0.39 is 10.0 Å².